The second-order valence-corrected chi connectivity index (χ2v) is 9.06. The van der Waals surface area contributed by atoms with Crippen molar-refractivity contribution in [2.24, 2.45) is 0 Å². The molecule has 1 heterocycles. The van der Waals surface area contributed by atoms with Crippen LogP contribution < -0.4 is 9.47 Å². The zero-order valence-corrected chi connectivity index (χ0v) is 18.8. The predicted molar refractivity (Wildman–Crippen MR) is 121 cm³/mol. The standard InChI is InChI=1S/C24H27NO4S/c1-15(2)30-22-21(20-11-6-16(3)14-17(20)4)23(26)25(24(22)27)12-13-29-19-9-7-18(28-5)8-10-19/h6-11,14-15H,12-13H2,1-5H3. The van der Waals surface area contributed by atoms with Crippen molar-refractivity contribution in [2.45, 2.75) is 32.9 Å². The van der Waals surface area contributed by atoms with Crippen molar-refractivity contribution >= 4 is 29.1 Å². The van der Waals surface area contributed by atoms with Crippen LogP contribution in [0.4, 0.5) is 0 Å². The minimum atomic E-state index is -0.256. The molecule has 0 aromatic heterocycles. The monoisotopic (exact) mass is 425 g/mol. The maximum Gasteiger partial charge on any atom is 0.268 e. The van der Waals surface area contributed by atoms with Gasteiger partial charge in [0.1, 0.15) is 18.1 Å². The lowest BCUT2D eigenvalue weighted by Crippen LogP contribution is -2.35. The molecule has 3 rings (SSSR count). The molecule has 1 aliphatic heterocycles. The fourth-order valence-electron chi connectivity index (χ4n) is 3.36. The van der Waals surface area contributed by atoms with E-state index in [1.165, 1.54) is 16.7 Å². The van der Waals surface area contributed by atoms with Crippen LogP contribution in [0.1, 0.15) is 30.5 Å². The number of carbonyl (C=O) groups is 2. The van der Waals surface area contributed by atoms with Gasteiger partial charge in [-0.05, 0) is 49.2 Å². The number of amides is 2. The van der Waals surface area contributed by atoms with Crippen molar-refractivity contribution in [1.82, 2.24) is 4.90 Å². The minimum Gasteiger partial charge on any atom is -0.497 e. The van der Waals surface area contributed by atoms with Gasteiger partial charge in [-0.1, -0.05) is 37.6 Å². The summed E-state index contributed by atoms with van der Waals surface area (Å²) in [5.74, 6) is 0.902. The van der Waals surface area contributed by atoms with E-state index in [1.807, 2.05) is 45.9 Å². The van der Waals surface area contributed by atoms with Crippen molar-refractivity contribution in [3.05, 3.63) is 64.1 Å². The Morgan fingerprint density at radius 2 is 1.63 bits per heavy atom. The first-order valence-corrected chi connectivity index (χ1v) is 10.8. The molecular formula is C24H27NO4S. The first kappa shape index (κ1) is 22.0. The van der Waals surface area contributed by atoms with Gasteiger partial charge in [0.2, 0.25) is 0 Å². The van der Waals surface area contributed by atoms with Gasteiger partial charge in [0.05, 0.1) is 24.1 Å². The molecule has 1 aliphatic rings. The Morgan fingerprint density at radius 1 is 0.967 bits per heavy atom. The Balaban J connectivity index is 1.79. The highest BCUT2D eigenvalue weighted by molar-refractivity contribution is 8.04. The number of carbonyl (C=O) groups excluding carboxylic acids is 2. The summed E-state index contributed by atoms with van der Waals surface area (Å²) >= 11 is 1.44. The van der Waals surface area contributed by atoms with Crippen molar-refractivity contribution in [1.29, 1.82) is 0 Å². The molecule has 0 atom stereocenters. The van der Waals surface area contributed by atoms with Crippen LogP contribution in [0.5, 0.6) is 11.5 Å². The summed E-state index contributed by atoms with van der Waals surface area (Å²) < 4.78 is 10.9. The average Bonchev–Trinajstić information content (AvgIpc) is 2.92. The molecule has 0 radical (unpaired) electrons. The molecule has 0 unspecified atom stereocenters. The molecular weight excluding hydrogens is 398 g/mol. The topological polar surface area (TPSA) is 55.8 Å². The summed E-state index contributed by atoms with van der Waals surface area (Å²) in [6.07, 6.45) is 0. The third kappa shape index (κ3) is 4.70. The summed E-state index contributed by atoms with van der Waals surface area (Å²) in [6, 6.07) is 13.1. The Kier molecular flexibility index (Phi) is 6.87. The van der Waals surface area contributed by atoms with Crippen molar-refractivity contribution in [3.63, 3.8) is 0 Å². The number of rotatable bonds is 8. The number of thioether (sulfide) groups is 1. The SMILES string of the molecule is COc1ccc(OCCN2C(=O)C(SC(C)C)=C(c3ccc(C)cc3C)C2=O)cc1. The second kappa shape index (κ2) is 9.39. The van der Waals surface area contributed by atoms with E-state index >= 15 is 0 Å². The van der Waals surface area contributed by atoms with E-state index in [2.05, 4.69) is 0 Å². The molecule has 0 spiro atoms. The fraction of sp³-hybridized carbons (Fsp3) is 0.333. The highest BCUT2D eigenvalue weighted by Crippen LogP contribution is 2.38. The van der Waals surface area contributed by atoms with Gasteiger partial charge in [-0.15, -0.1) is 11.8 Å². The van der Waals surface area contributed by atoms with Gasteiger partial charge in [-0.2, -0.15) is 0 Å². The summed E-state index contributed by atoms with van der Waals surface area (Å²) in [5, 5.41) is 0.188. The second-order valence-electron chi connectivity index (χ2n) is 7.48. The van der Waals surface area contributed by atoms with Gasteiger partial charge in [-0.25, -0.2) is 0 Å². The Hall–Kier alpha value is -2.73. The molecule has 0 N–H and O–H groups in total. The van der Waals surface area contributed by atoms with E-state index in [0.717, 1.165) is 22.4 Å². The number of benzene rings is 2. The van der Waals surface area contributed by atoms with E-state index < -0.39 is 0 Å². The van der Waals surface area contributed by atoms with Crippen LogP contribution in [0.2, 0.25) is 0 Å². The summed E-state index contributed by atoms with van der Waals surface area (Å²) in [4.78, 5) is 28.1. The molecule has 0 saturated carbocycles. The fourth-order valence-corrected chi connectivity index (χ4v) is 4.36. The smallest absolute Gasteiger partial charge is 0.268 e. The summed E-state index contributed by atoms with van der Waals surface area (Å²) in [5.41, 5.74) is 3.43. The average molecular weight is 426 g/mol. The normalized spacial score (nSPS) is 14.1. The maximum atomic E-state index is 13.2. The number of hydrogen-bond donors (Lipinski definition) is 0. The Bertz CT molecular complexity index is 979. The van der Waals surface area contributed by atoms with Gasteiger partial charge < -0.3 is 9.47 Å². The lowest BCUT2D eigenvalue weighted by Gasteiger charge is -2.16. The van der Waals surface area contributed by atoms with Crippen LogP contribution in [0.15, 0.2) is 47.4 Å². The molecule has 0 saturated heterocycles. The lowest BCUT2D eigenvalue weighted by atomic mass is 9.99. The Labute approximate surface area is 182 Å². The predicted octanol–water partition coefficient (Wildman–Crippen LogP) is 4.61. The van der Waals surface area contributed by atoms with Crippen LogP contribution >= 0.6 is 11.8 Å². The summed E-state index contributed by atoms with van der Waals surface area (Å²) in [7, 11) is 1.60. The molecule has 6 heteroatoms. The number of aryl methyl sites for hydroxylation is 2. The molecule has 0 fully saturated rings. The summed E-state index contributed by atoms with van der Waals surface area (Å²) in [6.45, 7) is 8.44. The molecule has 30 heavy (non-hydrogen) atoms. The van der Waals surface area contributed by atoms with Crippen LogP contribution in [0.25, 0.3) is 5.57 Å². The molecule has 158 valence electrons. The van der Waals surface area contributed by atoms with Gasteiger partial charge >= 0.3 is 0 Å². The number of ether oxygens (including phenoxy) is 2. The van der Waals surface area contributed by atoms with Crippen molar-refractivity contribution < 1.29 is 19.1 Å². The molecule has 5 nitrogen and oxygen atoms in total. The van der Waals surface area contributed by atoms with Crippen LogP contribution in [-0.4, -0.2) is 42.2 Å². The van der Waals surface area contributed by atoms with Crippen LogP contribution in [0.3, 0.4) is 0 Å². The van der Waals surface area contributed by atoms with Gasteiger partial charge in [0.15, 0.2) is 0 Å². The number of methoxy groups -OCH3 is 1. The Morgan fingerprint density at radius 3 is 2.23 bits per heavy atom. The zero-order valence-electron chi connectivity index (χ0n) is 18.0. The quantitative estimate of drug-likeness (QED) is 0.578. The third-order valence-electron chi connectivity index (χ3n) is 4.77. The maximum absolute atomic E-state index is 13.2. The highest BCUT2D eigenvalue weighted by atomic mass is 32.2. The number of imide groups is 1. The van der Waals surface area contributed by atoms with Crippen molar-refractivity contribution in [3.8, 4) is 11.5 Å². The molecule has 0 bridgehead atoms. The van der Waals surface area contributed by atoms with E-state index in [0.29, 0.717) is 16.2 Å². The van der Waals surface area contributed by atoms with E-state index in [9.17, 15) is 9.59 Å². The van der Waals surface area contributed by atoms with Gasteiger partial charge in [0, 0.05) is 5.25 Å². The molecule has 2 aromatic rings. The van der Waals surface area contributed by atoms with E-state index in [-0.39, 0.29) is 30.2 Å². The highest BCUT2D eigenvalue weighted by Gasteiger charge is 2.39. The van der Waals surface area contributed by atoms with Gasteiger partial charge in [0.25, 0.3) is 11.8 Å². The van der Waals surface area contributed by atoms with E-state index in [4.69, 9.17) is 9.47 Å². The van der Waals surface area contributed by atoms with Crippen LogP contribution in [0, 0.1) is 13.8 Å². The zero-order chi connectivity index (χ0) is 21.8. The number of hydrogen-bond acceptors (Lipinski definition) is 5. The lowest BCUT2D eigenvalue weighted by molar-refractivity contribution is -0.136. The minimum absolute atomic E-state index is 0.188. The van der Waals surface area contributed by atoms with E-state index in [1.54, 1.807) is 31.4 Å². The first-order chi connectivity index (χ1) is 14.3. The largest absolute Gasteiger partial charge is 0.497 e. The van der Waals surface area contributed by atoms with Crippen molar-refractivity contribution in [2.75, 3.05) is 20.3 Å². The molecule has 2 aromatic carbocycles. The van der Waals surface area contributed by atoms with Crippen LogP contribution in [-0.2, 0) is 9.59 Å². The molecule has 2 amide bonds. The first-order valence-electron chi connectivity index (χ1n) is 9.93. The molecule has 0 aliphatic carbocycles. The number of nitrogens with zero attached hydrogens (tertiary/aromatic N) is 1. The van der Waals surface area contributed by atoms with Gasteiger partial charge in [-0.3, -0.25) is 14.5 Å². The third-order valence-corrected chi connectivity index (χ3v) is 5.86.